The summed E-state index contributed by atoms with van der Waals surface area (Å²) >= 11 is 0. The molecule has 0 aromatic carbocycles. The van der Waals surface area contributed by atoms with E-state index in [1.54, 1.807) is 13.0 Å². The molecule has 4 aliphatic carbocycles. The summed E-state index contributed by atoms with van der Waals surface area (Å²) in [6, 6.07) is 0. The van der Waals surface area contributed by atoms with Crippen LogP contribution in [-0.2, 0) is 9.59 Å². The second kappa shape index (κ2) is 4.57. The first kappa shape index (κ1) is 16.4. The molecule has 3 nitrogen and oxygen atoms in total. The van der Waals surface area contributed by atoms with E-state index in [0.29, 0.717) is 32.1 Å². The molecule has 4 rings (SSSR count). The number of allylic oxidation sites excluding steroid dienone is 1. The number of Topliss-reactive ketones (excluding diaryl/α,β-unsaturated/α-hetero) is 1. The summed E-state index contributed by atoms with van der Waals surface area (Å²) in [5.41, 5.74) is -3.35. The summed E-state index contributed by atoms with van der Waals surface area (Å²) < 4.78 is 16.5. The highest BCUT2D eigenvalue weighted by Gasteiger charge is 2.72. The van der Waals surface area contributed by atoms with Crippen LogP contribution >= 0.6 is 0 Å². The van der Waals surface area contributed by atoms with E-state index >= 15 is 4.39 Å². The fourth-order valence-corrected chi connectivity index (χ4v) is 6.50. The van der Waals surface area contributed by atoms with Crippen molar-refractivity contribution in [1.29, 1.82) is 0 Å². The van der Waals surface area contributed by atoms with Crippen molar-refractivity contribution >= 4 is 11.6 Å². The third-order valence-corrected chi connectivity index (χ3v) is 8.36. The van der Waals surface area contributed by atoms with Crippen molar-refractivity contribution in [2.75, 3.05) is 0 Å². The van der Waals surface area contributed by atoms with Crippen molar-refractivity contribution in [3.63, 3.8) is 0 Å². The number of rotatable bonds is 0. The summed E-state index contributed by atoms with van der Waals surface area (Å²) in [6.07, 6.45) is 5.17. The number of carbonyl (C=O) groups is 2. The number of halogens is 1. The monoisotopic (exact) mass is 334 g/mol. The number of alkyl halides is 1. The molecule has 4 aliphatic rings. The first-order chi connectivity index (χ1) is 11.1. The molecule has 0 saturated heterocycles. The summed E-state index contributed by atoms with van der Waals surface area (Å²) in [7, 11) is 0. The Morgan fingerprint density at radius 2 is 1.79 bits per heavy atom. The van der Waals surface area contributed by atoms with Crippen LogP contribution in [0.4, 0.5) is 4.39 Å². The van der Waals surface area contributed by atoms with Crippen LogP contribution in [0.5, 0.6) is 0 Å². The van der Waals surface area contributed by atoms with Gasteiger partial charge < -0.3 is 5.11 Å². The van der Waals surface area contributed by atoms with Crippen LogP contribution in [0.1, 0.15) is 65.7 Å². The predicted octanol–water partition coefficient (Wildman–Crippen LogP) is 3.54. The Morgan fingerprint density at radius 3 is 2.50 bits per heavy atom. The molecule has 0 aromatic rings. The lowest BCUT2D eigenvalue weighted by Gasteiger charge is -2.60. The number of hydrogen-bond donors (Lipinski definition) is 1. The van der Waals surface area contributed by atoms with Crippen molar-refractivity contribution in [3.8, 4) is 0 Å². The molecule has 0 unspecified atom stereocenters. The topological polar surface area (TPSA) is 54.4 Å². The van der Waals surface area contributed by atoms with Gasteiger partial charge in [0.25, 0.3) is 0 Å². The molecule has 0 spiro atoms. The van der Waals surface area contributed by atoms with Gasteiger partial charge in [-0.3, -0.25) is 9.59 Å². The zero-order valence-corrected chi connectivity index (χ0v) is 14.8. The Hall–Kier alpha value is -1.03. The molecule has 1 N–H and O–H groups in total. The van der Waals surface area contributed by atoms with Crippen LogP contribution in [0.25, 0.3) is 0 Å². The van der Waals surface area contributed by atoms with E-state index in [1.807, 2.05) is 13.8 Å². The smallest absolute Gasteiger partial charge is 0.180 e. The molecule has 0 bridgehead atoms. The summed E-state index contributed by atoms with van der Waals surface area (Å²) in [6.45, 7) is 5.63. The number of aliphatic hydroxyl groups is 1. The highest BCUT2D eigenvalue weighted by atomic mass is 19.1. The normalized spacial score (nSPS) is 54.0. The Morgan fingerprint density at radius 1 is 1.08 bits per heavy atom. The van der Waals surface area contributed by atoms with Crippen molar-refractivity contribution in [2.45, 2.75) is 77.0 Å². The van der Waals surface area contributed by atoms with Gasteiger partial charge in [0, 0.05) is 29.6 Å². The van der Waals surface area contributed by atoms with Crippen LogP contribution < -0.4 is 0 Å². The molecule has 3 saturated carbocycles. The van der Waals surface area contributed by atoms with E-state index in [2.05, 4.69) is 0 Å². The minimum atomic E-state index is -1.89. The highest BCUT2D eigenvalue weighted by Crippen LogP contribution is 2.68. The van der Waals surface area contributed by atoms with Gasteiger partial charge in [-0.2, -0.15) is 0 Å². The largest absolute Gasteiger partial charge is 0.390 e. The van der Waals surface area contributed by atoms with Gasteiger partial charge in [0.05, 0.1) is 5.60 Å². The average Bonchev–Trinajstić information content (AvgIpc) is 2.72. The van der Waals surface area contributed by atoms with E-state index in [-0.39, 0.29) is 29.8 Å². The van der Waals surface area contributed by atoms with Gasteiger partial charge in [0.2, 0.25) is 0 Å². The summed E-state index contributed by atoms with van der Waals surface area (Å²) in [5, 5.41) is 10.8. The van der Waals surface area contributed by atoms with E-state index in [4.69, 9.17) is 0 Å². The first-order valence-corrected chi connectivity index (χ1v) is 9.25. The van der Waals surface area contributed by atoms with Crippen molar-refractivity contribution in [1.82, 2.24) is 0 Å². The molecule has 4 heteroatoms. The Balaban J connectivity index is 1.84. The van der Waals surface area contributed by atoms with Gasteiger partial charge in [0.15, 0.2) is 17.2 Å². The van der Waals surface area contributed by atoms with Gasteiger partial charge in [-0.05, 0) is 51.0 Å². The Labute approximate surface area is 142 Å². The van der Waals surface area contributed by atoms with Gasteiger partial charge in [-0.1, -0.05) is 19.4 Å². The second-order valence-corrected chi connectivity index (χ2v) is 9.26. The molecule has 0 radical (unpaired) electrons. The van der Waals surface area contributed by atoms with Crippen molar-refractivity contribution in [2.24, 2.45) is 22.7 Å². The molecule has 0 aromatic heterocycles. The van der Waals surface area contributed by atoms with E-state index in [9.17, 15) is 14.7 Å². The highest BCUT2D eigenvalue weighted by molar-refractivity contribution is 5.95. The summed E-state index contributed by atoms with van der Waals surface area (Å²) in [5.74, 6) is -0.600. The zero-order chi connectivity index (χ0) is 17.5. The number of hydrogen-bond acceptors (Lipinski definition) is 3. The first-order valence-electron chi connectivity index (χ1n) is 9.25. The lowest BCUT2D eigenvalue weighted by Crippen LogP contribution is -2.66. The molecule has 132 valence electrons. The minimum Gasteiger partial charge on any atom is -0.390 e. The van der Waals surface area contributed by atoms with E-state index < -0.39 is 22.1 Å². The number of fused-ring (bicyclic) bond motifs is 5. The Bertz CT molecular complexity index is 666. The SMILES string of the molecule is C[C@]1(O)CC[C@@H]2[C@H]3CCC4=CC(=O)CC[C@]4(C)[C@@]3(F)C(=O)C[C@@]21C. The summed E-state index contributed by atoms with van der Waals surface area (Å²) in [4.78, 5) is 24.9. The van der Waals surface area contributed by atoms with E-state index in [0.717, 1.165) is 12.0 Å². The predicted molar refractivity (Wildman–Crippen MR) is 88.1 cm³/mol. The standard InChI is InChI=1S/C20H27FO3/c1-17-8-6-13(22)10-12(17)4-5-15-14-7-9-19(3,24)18(14,2)11-16(23)20(15,17)21/h10,14-15,24H,4-9,11H2,1-3H3/t14-,15-,17+,18+,19+,20+/m1/s1. The van der Waals surface area contributed by atoms with Crippen molar-refractivity contribution < 1.29 is 19.1 Å². The number of carbonyl (C=O) groups excluding carboxylic acids is 2. The second-order valence-electron chi connectivity index (χ2n) is 9.26. The lowest BCUT2D eigenvalue weighted by molar-refractivity contribution is -0.184. The third-order valence-electron chi connectivity index (χ3n) is 8.36. The molecule has 0 amide bonds. The maximum Gasteiger partial charge on any atom is 0.180 e. The zero-order valence-electron chi connectivity index (χ0n) is 14.8. The van der Waals surface area contributed by atoms with Crippen LogP contribution in [0.2, 0.25) is 0 Å². The average molecular weight is 334 g/mol. The fourth-order valence-electron chi connectivity index (χ4n) is 6.50. The maximum atomic E-state index is 16.5. The van der Waals surface area contributed by atoms with Gasteiger partial charge in [0.1, 0.15) is 0 Å². The number of ketones is 2. The minimum absolute atomic E-state index is 0.0335. The van der Waals surface area contributed by atoms with Crippen LogP contribution in [-0.4, -0.2) is 27.9 Å². The molecular formula is C20H27FO3. The quantitative estimate of drug-likeness (QED) is 0.737. The van der Waals surface area contributed by atoms with Crippen LogP contribution in [0.3, 0.4) is 0 Å². The molecule has 6 atom stereocenters. The van der Waals surface area contributed by atoms with Gasteiger partial charge in [-0.15, -0.1) is 0 Å². The van der Waals surface area contributed by atoms with Crippen LogP contribution in [0, 0.1) is 22.7 Å². The molecular weight excluding hydrogens is 307 g/mol. The maximum absolute atomic E-state index is 16.5. The molecule has 0 aliphatic heterocycles. The third kappa shape index (κ3) is 1.66. The van der Waals surface area contributed by atoms with Gasteiger partial charge in [-0.25, -0.2) is 4.39 Å². The lowest BCUT2D eigenvalue weighted by atomic mass is 9.44. The Kier molecular flexibility index (Phi) is 3.13. The van der Waals surface area contributed by atoms with E-state index in [1.165, 1.54) is 0 Å². The molecule has 3 fully saturated rings. The van der Waals surface area contributed by atoms with Crippen LogP contribution in [0.15, 0.2) is 11.6 Å². The molecule has 0 heterocycles. The fraction of sp³-hybridized carbons (Fsp3) is 0.800. The molecule has 24 heavy (non-hydrogen) atoms. The van der Waals surface area contributed by atoms with Crippen molar-refractivity contribution in [3.05, 3.63) is 11.6 Å². The van der Waals surface area contributed by atoms with Gasteiger partial charge >= 0.3 is 0 Å².